The summed E-state index contributed by atoms with van der Waals surface area (Å²) in [6.45, 7) is 1.62. The van der Waals surface area contributed by atoms with Crippen LogP contribution in [0, 0.1) is 0 Å². The van der Waals surface area contributed by atoms with Gasteiger partial charge in [0.05, 0.1) is 13.3 Å². The molecule has 0 amide bonds. The molecule has 0 aromatic heterocycles. The van der Waals surface area contributed by atoms with Crippen molar-refractivity contribution >= 4 is 28.3 Å². The molecule has 4 heteroatoms. The van der Waals surface area contributed by atoms with E-state index in [2.05, 4.69) is 17.5 Å². The average Bonchev–Trinajstić information content (AvgIpc) is 1.23. The third kappa shape index (κ3) is 1.02. The summed E-state index contributed by atoms with van der Waals surface area (Å²) in [6, 6.07) is 0. The van der Waals surface area contributed by atoms with Gasteiger partial charge in [0.25, 0.3) is 0 Å². The molecule has 0 radical (unpaired) electrons. The lowest BCUT2D eigenvalue weighted by Crippen LogP contribution is -2.52. The van der Waals surface area contributed by atoms with Gasteiger partial charge < -0.3 is 4.90 Å². The summed E-state index contributed by atoms with van der Waals surface area (Å²) in [5.41, 5.74) is 0. The van der Waals surface area contributed by atoms with E-state index in [0.29, 0.717) is 4.45 Å². The van der Waals surface area contributed by atoms with E-state index in [9.17, 15) is 0 Å². The van der Waals surface area contributed by atoms with Gasteiger partial charge in [0.15, 0.2) is 4.45 Å². The second kappa shape index (κ2) is 1.94. The van der Waals surface area contributed by atoms with Gasteiger partial charge in [-0.05, 0) is 12.2 Å². The van der Waals surface area contributed by atoms with Gasteiger partial charge in [0.1, 0.15) is 0 Å². The predicted molar refractivity (Wildman–Crippen MR) is 33.2 cm³/mol. The summed E-state index contributed by atoms with van der Waals surface area (Å²) in [4.78, 5) is 1.86. The van der Waals surface area contributed by atoms with Crippen LogP contribution < -0.4 is 5.32 Å². The summed E-state index contributed by atoms with van der Waals surface area (Å²) in [6.07, 6.45) is 0. The molecule has 1 N–H and O–H groups in total. The summed E-state index contributed by atoms with van der Waals surface area (Å²) in [5, 5.41) is 3.00. The van der Waals surface area contributed by atoms with Gasteiger partial charge in [0, 0.05) is 0 Å². The molecule has 1 fully saturated rings. The van der Waals surface area contributed by atoms with Crippen LogP contribution in [0.5, 0.6) is 0 Å². The first-order chi connectivity index (χ1) is 3.30. The van der Waals surface area contributed by atoms with Crippen LogP contribution in [-0.2, 0) is 0 Å². The molecule has 1 saturated heterocycles. The summed E-state index contributed by atoms with van der Waals surface area (Å²) < 4.78 is 0.457. The second-order valence-corrected chi connectivity index (χ2v) is 2.33. The van der Waals surface area contributed by atoms with Crippen LogP contribution in [0.2, 0.25) is 0 Å². The van der Waals surface area contributed by atoms with Crippen molar-refractivity contribution in [1.82, 2.24) is 10.2 Å². The van der Waals surface area contributed by atoms with E-state index >= 15 is 0 Å². The van der Waals surface area contributed by atoms with Gasteiger partial charge in [-0.3, -0.25) is 5.32 Å². The topological polar surface area (TPSA) is 15.3 Å². The molecule has 40 valence electrons. The fraction of sp³-hybridized carbons (Fsp3) is 0.667. The number of rotatable bonds is 0. The zero-order chi connectivity index (χ0) is 5.28. The molecule has 1 aliphatic heterocycles. The van der Waals surface area contributed by atoms with Crippen molar-refractivity contribution < 1.29 is 0 Å². The SMILES string of the molecule is S=C(Cl)N1CNC1. The third-order valence-corrected chi connectivity index (χ3v) is 1.35. The molecule has 0 aliphatic carbocycles. The largest absolute Gasteiger partial charge is 0.328 e. The molecule has 0 spiro atoms. The smallest absolute Gasteiger partial charge is 0.172 e. The van der Waals surface area contributed by atoms with Crippen LogP contribution in [0.4, 0.5) is 0 Å². The zero-order valence-corrected chi connectivity index (χ0v) is 5.22. The Morgan fingerprint density at radius 2 is 2.29 bits per heavy atom. The molecule has 0 atom stereocenters. The summed E-state index contributed by atoms with van der Waals surface area (Å²) >= 11 is 10.0. The minimum absolute atomic E-state index is 0.457. The normalized spacial score (nSPS) is 18.7. The van der Waals surface area contributed by atoms with Crippen molar-refractivity contribution in [2.24, 2.45) is 0 Å². The molecule has 0 saturated carbocycles. The van der Waals surface area contributed by atoms with Crippen molar-refractivity contribution in [2.75, 3.05) is 13.3 Å². The van der Waals surface area contributed by atoms with E-state index in [1.54, 1.807) is 0 Å². The molecule has 7 heavy (non-hydrogen) atoms. The molecular formula is C3H5ClN2S. The Hall–Kier alpha value is 0.140. The van der Waals surface area contributed by atoms with E-state index in [4.69, 9.17) is 11.6 Å². The highest BCUT2D eigenvalue weighted by Gasteiger charge is 2.12. The highest BCUT2D eigenvalue weighted by Crippen LogP contribution is 1.98. The Bertz CT molecular complexity index is 90.9. The van der Waals surface area contributed by atoms with Gasteiger partial charge >= 0.3 is 0 Å². The predicted octanol–water partition coefficient (Wildman–Crippen LogP) is 0.330. The molecule has 0 bridgehead atoms. The fourth-order valence-corrected chi connectivity index (χ4v) is 0.597. The van der Waals surface area contributed by atoms with Crippen LogP contribution >= 0.6 is 23.8 Å². The number of halogens is 1. The summed E-state index contributed by atoms with van der Waals surface area (Å²) in [7, 11) is 0. The molecule has 1 rings (SSSR count). The molecule has 0 unspecified atom stereocenters. The van der Waals surface area contributed by atoms with E-state index in [-0.39, 0.29) is 0 Å². The van der Waals surface area contributed by atoms with Crippen LogP contribution in [0.25, 0.3) is 0 Å². The lowest BCUT2D eigenvalue weighted by Gasteiger charge is -2.31. The van der Waals surface area contributed by atoms with Crippen LogP contribution in [0.15, 0.2) is 0 Å². The first-order valence-electron chi connectivity index (χ1n) is 1.96. The van der Waals surface area contributed by atoms with E-state index in [0.717, 1.165) is 13.3 Å². The maximum atomic E-state index is 5.40. The molecule has 1 heterocycles. The number of hydrogen-bond donors (Lipinski definition) is 1. The minimum Gasteiger partial charge on any atom is -0.328 e. The van der Waals surface area contributed by atoms with E-state index in [1.807, 2.05) is 4.90 Å². The maximum absolute atomic E-state index is 5.40. The first kappa shape index (κ1) is 5.28. The Labute approximate surface area is 52.4 Å². The van der Waals surface area contributed by atoms with Gasteiger partial charge in [-0.15, -0.1) is 0 Å². The molecular weight excluding hydrogens is 132 g/mol. The van der Waals surface area contributed by atoms with Gasteiger partial charge in [-0.1, -0.05) is 11.6 Å². The van der Waals surface area contributed by atoms with Crippen LogP contribution in [-0.4, -0.2) is 22.7 Å². The van der Waals surface area contributed by atoms with E-state index < -0.39 is 0 Å². The number of hydrogen-bond acceptors (Lipinski definition) is 2. The molecule has 0 aromatic carbocycles. The van der Waals surface area contributed by atoms with Crippen molar-refractivity contribution in [3.05, 3.63) is 0 Å². The highest BCUT2D eigenvalue weighted by atomic mass is 35.5. The minimum atomic E-state index is 0.457. The quantitative estimate of drug-likeness (QED) is 0.294. The lowest BCUT2D eigenvalue weighted by atomic mass is 10.6. The first-order valence-corrected chi connectivity index (χ1v) is 2.74. The van der Waals surface area contributed by atoms with Crippen molar-refractivity contribution in [1.29, 1.82) is 0 Å². The molecule has 0 aromatic rings. The summed E-state index contributed by atoms with van der Waals surface area (Å²) in [5.74, 6) is 0. The molecule has 1 aliphatic rings. The Morgan fingerprint density at radius 1 is 1.71 bits per heavy atom. The van der Waals surface area contributed by atoms with Crippen molar-refractivity contribution in [3.63, 3.8) is 0 Å². The number of nitrogens with zero attached hydrogens (tertiary/aromatic N) is 1. The highest BCUT2D eigenvalue weighted by molar-refractivity contribution is 7.83. The van der Waals surface area contributed by atoms with Gasteiger partial charge in [-0.2, -0.15) is 0 Å². The number of nitrogens with one attached hydrogen (secondary N) is 1. The second-order valence-electron chi connectivity index (χ2n) is 1.36. The van der Waals surface area contributed by atoms with Gasteiger partial charge in [-0.25, -0.2) is 0 Å². The Kier molecular flexibility index (Phi) is 1.46. The van der Waals surface area contributed by atoms with Crippen LogP contribution in [0.3, 0.4) is 0 Å². The van der Waals surface area contributed by atoms with E-state index in [1.165, 1.54) is 0 Å². The van der Waals surface area contributed by atoms with Crippen LogP contribution in [0.1, 0.15) is 0 Å². The van der Waals surface area contributed by atoms with Crippen molar-refractivity contribution in [2.45, 2.75) is 0 Å². The number of thiocarbonyl (C=S) groups is 1. The molecule has 2 nitrogen and oxygen atoms in total. The Morgan fingerprint density at radius 3 is 2.29 bits per heavy atom. The zero-order valence-electron chi connectivity index (χ0n) is 3.65. The lowest BCUT2D eigenvalue weighted by molar-refractivity contribution is 0.251. The standard InChI is InChI=1S/C3H5ClN2S/c4-3(7)6-1-5-2-6/h5H,1-2H2. The third-order valence-electron chi connectivity index (χ3n) is 0.854. The monoisotopic (exact) mass is 136 g/mol. The average molecular weight is 137 g/mol. The fourth-order valence-electron chi connectivity index (χ4n) is 0.348. The maximum Gasteiger partial charge on any atom is 0.172 e. The Balaban J connectivity index is 2.27. The van der Waals surface area contributed by atoms with Gasteiger partial charge in [0.2, 0.25) is 0 Å². The van der Waals surface area contributed by atoms with Crippen molar-refractivity contribution in [3.8, 4) is 0 Å².